The van der Waals surface area contributed by atoms with Crippen LogP contribution in [0.3, 0.4) is 0 Å². The van der Waals surface area contributed by atoms with E-state index in [9.17, 15) is 20.0 Å². The number of carboxylic acid groups (broad SMARTS) is 1. The monoisotopic (exact) mass is 132 g/mol. The summed E-state index contributed by atoms with van der Waals surface area (Å²) in [6.45, 7) is 1.42. The number of nitro groups is 1. The van der Waals surface area contributed by atoms with Crippen LogP contribution in [0.2, 0.25) is 0 Å². The van der Waals surface area contributed by atoms with Crippen LogP contribution in [0.15, 0.2) is 0 Å². The van der Waals surface area contributed by atoms with Gasteiger partial charge >= 0.3 is 0 Å². The molecule has 0 unspecified atom stereocenters. The lowest BCUT2D eigenvalue weighted by atomic mass is 10.2. The van der Waals surface area contributed by atoms with Gasteiger partial charge in [0.15, 0.2) is 0 Å². The average Bonchev–Trinajstić information content (AvgIpc) is 1.64. The summed E-state index contributed by atoms with van der Waals surface area (Å²) in [4.78, 5) is 18.7. The third kappa shape index (κ3) is 2.07. The van der Waals surface area contributed by atoms with Crippen LogP contribution in [0.4, 0.5) is 0 Å². The molecule has 0 rings (SSSR count). The highest BCUT2D eigenvalue weighted by Crippen LogP contribution is 1.92. The number of hydrogen-bond acceptors (Lipinski definition) is 4. The number of carbonyl (C=O) groups is 1. The molecule has 0 aliphatic heterocycles. The Hall–Kier alpha value is -1.13. The molecular weight excluding hydrogens is 126 g/mol. The highest BCUT2D eigenvalue weighted by Gasteiger charge is 2.17. The molecule has 0 aliphatic rings. The number of carbonyl (C=O) groups excluding carboxylic acids is 1. The molecule has 0 aromatic rings. The summed E-state index contributed by atoms with van der Waals surface area (Å²) in [5.74, 6) is -1.62. The highest BCUT2D eigenvalue weighted by atomic mass is 16.6. The first-order valence-corrected chi connectivity index (χ1v) is 2.44. The Balaban J connectivity index is 3.99. The fraction of sp³-hybridized carbons (Fsp3) is 0.750. The maximum atomic E-state index is 9.82. The normalized spacial score (nSPS) is 12.6. The number of hydrogen-bond donors (Lipinski definition) is 0. The van der Waals surface area contributed by atoms with Crippen LogP contribution in [-0.4, -0.2) is 16.9 Å². The molecule has 0 N–H and O–H groups in total. The standard InChI is InChI=1S/C4H7NO4/c1-2-3(4(6)7)5(8)9/h3H,2H2,1H3,(H,6,7)/p-1/t3-/m0/s1. The van der Waals surface area contributed by atoms with Gasteiger partial charge in [-0.1, -0.05) is 6.92 Å². The second kappa shape index (κ2) is 3.01. The quantitative estimate of drug-likeness (QED) is 0.356. The number of aliphatic carboxylic acids is 1. The van der Waals surface area contributed by atoms with Crippen molar-refractivity contribution in [3.63, 3.8) is 0 Å². The van der Waals surface area contributed by atoms with Crippen molar-refractivity contribution in [2.24, 2.45) is 0 Å². The lowest BCUT2D eigenvalue weighted by Crippen LogP contribution is -2.40. The molecule has 5 nitrogen and oxygen atoms in total. The molecule has 0 aliphatic carbocycles. The van der Waals surface area contributed by atoms with E-state index in [2.05, 4.69) is 0 Å². The van der Waals surface area contributed by atoms with E-state index < -0.39 is 16.9 Å². The van der Waals surface area contributed by atoms with E-state index >= 15 is 0 Å². The summed E-state index contributed by atoms with van der Waals surface area (Å²) < 4.78 is 0. The Kier molecular flexibility index (Phi) is 2.63. The van der Waals surface area contributed by atoms with Crippen LogP contribution in [0.25, 0.3) is 0 Å². The van der Waals surface area contributed by atoms with E-state index in [1.807, 2.05) is 0 Å². The average molecular weight is 132 g/mol. The lowest BCUT2D eigenvalue weighted by Gasteiger charge is -2.05. The van der Waals surface area contributed by atoms with Crippen molar-refractivity contribution in [1.29, 1.82) is 0 Å². The fourth-order valence-electron chi connectivity index (χ4n) is 0.402. The maximum absolute atomic E-state index is 9.82. The largest absolute Gasteiger partial charge is 0.543 e. The second-order valence-electron chi connectivity index (χ2n) is 1.53. The van der Waals surface area contributed by atoms with Gasteiger partial charge in [0, 0.05) is 11.3 Å². The van der Waals surface area contributed by atoms with E-state index in [1.165, 1.54) is 6.92 Å². The number of rotatable bonds is 3. The molecule has 0 radical (unpaired) electrons. The van der Waals surface area contributed by atoms with Gasteiger partial charge in [0.25, 0.3) is 6.04 Å². The van der Waals surface area contributed by atoms with Gasteiger partial charge in [-0.3, -0.25) is 10.1 Å². The van der Waals surface area contributed by atoms with Gasteiger partial charge in [-0.2, -0.15) is 0 Å². The molecule has 5 heteroatoms. The molecule has 52 valence electrons. The summed E-state index contributed by atoms with van der Waals surface area (Å²) in [6, 6.07) is -1.55. The van der Waals surface area contributed by atoms with Gasteiger partial charge < -0.3 is 9.90 Å². The van der Waals surface area contributed by atoms with Crippen molar-refractivity contribution in [2.75, 3.05) is 0 Å². The molecule has 0 saturated carbocycles. The molecule has 0 saturated heterocycles. The van der Waals surface area contributed by atoms with Crippen LogP contribution in [-0.2, 0) is 4.79 Å². The molecule has 0 bridgehead atoms. The first-order chi connectivity index (χ1) is 4.09. The van der Waals surface area contributed by atoms with E-state index in [1.54, 1.807) is 0 Å². The van der Waals surface area contributed by atoms with E-state index in [0.717, 1.165) is 0 Å². The Morgan fingerprint density at radius 2 is 2.22 bits per heavy atom. The van der Waals surface area contributed by atoms with Crippen molar-refractivity contribution in [2.45, 2.75) is 19.4 Å². The van der Waals surface area contributed by atoms with Crippen molar-refractivity contribution < 1.29 is 14.8 Å². The van der Waals surface area contributed by atoms with Gasteiger partial charge in [0.05, 0.1) is 0 Å². The zero-order valence-corrected chi connectivity index (χ0v) is 4.86. The van der Waals surface area contributed by atoms with E-state index in [0.29, 0.717) is 0 Å². The molecule has 1 atom stereocenters. The molecule has 0 aromatic heterocycles. The molecule has 0 spiro atoms. The second-order valence-corrected chi connectivity index (χ2v) is 1.53. The molecular formula is C4H6NO4-. The molecule has 9 heavy (non-hydrogen) atoms. The third-order valence-electron chi connectivity index (χ3n) is 0.913. The smallest absolute Gasteiger partial charge is 0.251 e. The van der Waals surface area contributed by atoms with Crippen LogP contribution in [0, 0.1) is 10.1 Å². The Morgan fingerprint density at radius 1 is 1.78 bits per heavy atom. The van der Waals surface area contributed by atoms with Crippen LogP contribution in [0.5, 0.6) is 0 Å². The molecule has 0 fully saturated rings. The molecule has 0 heterocycles. The summed E-state index contributed by atoms with van der Waals surface area (Å²) in [5.41, 5.74) is 0. The van der Waals surface area contributed by atoms with Crippen molar-refractivity contribution >= 4 is 5.97 Å². The summed E-state index contributed by atoms with van der Waals surface area (Å²) in [7, 11) is 0. The van der Waals surface area contributed by atoms with Gasteiger partial charge in [-0.15, -0.1) is 0 Å². The maximum Gasteiger partial charge on any atom is 0.251 e. The summed E-state index contributed by atoms with van der Waals surface area (Å²) in [6.07, 6.45) is -0.0324. The zero-order chi connectivity index (χ0) is 7.44. The van der Waals surface area contributed by atoms with Crippen molar-refractivity contribution in [1.82, 2.24) is 0 Å². The molecule has 0 aromatic carbocycles. The Morgan fingerprint density at radius 3 is 2.22 bits per heavy atom. The first kappa shape index (κ1) is 7.87. The van der Waals surface area contributed by atoms with Gasteiger partial charge in [-0.25, -0.2) is 0 Å². The topological polar surface area (TPSA) is 83.3 Å². The van der Waals surface area contributed by atoms with Gasteiger partial charge in [0.2, 0.25) is 0 Å². The third-order valence-corrected chi connectivity index (χ3v) is 0.913. The Labute approximate surface area is 51.4 Å². The Bertz CT molecular complexity index is 119. The minimum absolute atomic E-state index is 0.0324. The summed E-state index contributed by atoms with van der Waals surface area (Å²) >= 11 is 0. The predicted octanol–water partition coefficient (Wildman–Crippen LogP) is -1.21. The minimum atomic E-state index is -1.62. The minimum Gasteiger partial charge on any atom is -0.543 e. The van der Waals surface area contributed by atoms with Crippen molar-refractivity contribution in [3.05, 3.63) is 10.1 Å². The predicted molar refractivity (Wildman–Crippen MR) is 26.1 cm³/mol. The van der Waals surface area contributed by atoms with Crippen molar-refractivity contribution in [3.8, 4) is 0 Å². The highest BCUT2D eigenvalue weighted by molar-refractivity contribution is 5.69. The fourth-order valence-corrected chi connectivity index (χ4v) is 0.402. The van der Waals surface area contributed by atoms with Crippen LogP contribution >= 0.6 is 0 Å². The lowest BCUT2D eigenvalue weighted by molar-refractivity contribution is -0.523. The molecule has 0 amide bonds. The SMILES string of the molecule is CC[C@@H](C(=O)[O-])[N+](=O)[O-]. The van der Waals surface area contributed by atoms with Gasteiger partial charge in [-0.05, 0) is 0 Å². The summed E-state index contributed by atoms with van der Waals surface area (Å²) in [5, 5.41) is 19.6. The zero-order valence-electron chi connectivity index (χ0n) is 4.86. The van der Waals surface area contributed by atoms with Crippen LogP contribution < -0.4 is 5.11 Å². The number of carboxylic acids is 1. The van der Waals surface area contributed by atoms with Gasteiger partial charge in [0.1, 0.15) is 5.97 Å². The first-order valence-electron chi connectivity index (χ1n) is 2.44. The van der Waals surface area contributed by atoms with E-state index in [-0.39, 0.29) is 6.42 Å². The van der Waals surface area contributed by atoms with Crippen LogP contribution in [0.1, 0.15) is 13.3 Å². The number of nitrogens with zero attached hydrogens (tertiary/aromatic N) is 1. The van der Waals surface area contributed by atoms with E-state index in [4.69, 9.17) is 0 Å².